The molecule has 0 atom stereocenters. The smallest absolute Gasteiger partial charge is 0.243 e. The van der Waals surface area contributed by atoms with Crippen LogP contribution in [-0.4, -0.2) is 72.4 Å². The lowest BCUT2D eigenvalue weighted by molar-refractivity contribution is -0.133. The fourth-order valence-corrected chi connectivity index (χ4v) is 3.33. The summed E-state index contributed by atoms with van der Waals surface area (Å²) in [6.07, 6.45) is 1.12. The Hall–Kier alpha value is -1.80. The van der Waals surface area contributed by atoms with Gasteiger partial charge in [-0.15, -0.1) is 0 Å². The summed E-state index contributed by atoms with van der Waals surface area (Å²) in [5.41, 5.74) is 1.24. The Balaban J connectivity index is 2.30. The van der Waals surface area contributed by atoms with Crippen molar-refractivity contribution in [2.45, 2.75) is 0 Å². The fraction of sp³-hybridized carbons (Fsp3) is 0.533. The van der Waals surface area contributed by atoms with Crippen molar-refractivity contribution in [1.82, 2.24) is 4.90 Å². The number of hydrogen-bond acceptors (Lipinski definition) is 5. The van der Waals surface area contributed by atoms with Crippen molar-refractivity contribution >= 4 is 27.3 Å². The molecule has 1 saturated heterocycles. The number of ether oxygens (including phenoxy) is 1. The van der Waals surface area contributed by atoms with Gasteiger partial charge in [0.05, 0.1) is 30.8 Å². The monoisotopic (exact) mass is 341 g/mol. The number of rotatable bonds is 5. The number of anilines is 2. The maximum atomic E-state index is 12.5. The van der Waals surface area contributed by atoms with E-state index in [0.717, 1.165) is 11.9 Å². The highest BCUT2D eigenvalue weighted by atomic mass is 32.2. The van der Waals surface area contributed by atoms with Gasteiger partial charge in [0.15, 0.2) is 0 Å². The highest BCUT2D eigenvalue weighted by Gasteiger charge is 2.26. The highest BCUT2D eigenvalue weighted by molar-refractivity contribution is 7.92. The zero-order valence-electron chi connectivity index (χ0n) is 13.7. The molecule has 0 aliphatic carbocycles. The molecule has 0 unspecified atom stereocenters. The van der Waals surface area contributed by atoms with E-state index >= 15 is 0 Å². The maximum Gasteiger partial charge on any atom is 0.243 e. The molecule has 1 aliphatic rings. The van der Waals surface area contributed by atoms with Crippen LogP contribution in [0, 0.1) is 0 Å². The van der Waals surface area contributed by atoms with E-state index in [1.165, 1.54) is 4.31 Å². The zero-order chi connectivity index (χ0) is 17.0. The Morgan fingerprint density at radius 2 is 1.74 bits per heavy atom. The summed E-state index contributed by atoms with van der Waals surface area (Å²) in [6, 6.07) is 7.14. The third-order valence-corrected chi connectivity index (χ3v) is 4.80. The van der Waals surface area contributed by atoms with E-state index in [-0.39, 0.29) is 12.5 Å². The molecule has 0 spiro atoms. The molecule has 2 rings (SSSR count). The lowest BCUT2D eigenvalue weighted by atomic mass is 10.2. The average Bonchev–Trinajstić information content (AvgIpc) is 2.52. The molecule has 0 bridgehead atoms. The topological polar surface area (TPSA) is 70.2 Å². The molecule has 0 N–H and O–H groups in total. The van der Waals surface area contributed by atoms with Crippen LogP contribution in [-0.2, 0) is 19.6 Å². The predicted molar refractivity (Wildman–Crippen MR) is 90.4 cm³/mol. The molecule has 1 aliphatic heterocycles. The molecule has 1 aromatic rings. The molecule has 1 heterocycles. The normalized spacial score (nSPS) is 15.3. The van der Waals surface area contributed by atoms with E-state index < -0.39 is 10.0 Å². The van der Waals surface area contributed by atoms with Crippen LogP contribution in [0.1, 0.15) is 0 Å². The maximum absolute atomic E-state index is 12.5. The Labute approximate surface area is 137 Å². The Morgan fingerprint density at radius 3 is 2.26 bits per heavy atom. The van der Waals surface area contributed by atoms with E-state index in [0.29, 0.717) is 32.0 Å². The van der Waals surface area contributed by atoms with E-state index in [1.807, 2.05) is 31.1 Å². The Bertz CT molecular complexity index is 654. The van der Waals surface area contributed by atoms with Crippen molar-refractivity contribution in [3.05, 3.63) is 24.3 Å². The lowest BCUT2D eigenvalue weighted by Gasteiger charge is -2.31. The molecule has 1 fully saturated rings. The van der Waals surface area contributed by atoms with Gasteiger partial charge >= 0.3 is 0 Å². The first-order chi connectivity index (χ1) is 10.8. The van der Waals surface area contributed by atoms with Gasteiger partial charge in [-0.2, -0.15) is 0 Å². The molecule has 23 heavy (non-hydrogen) atoms. The average molecular weight is 341 g/mol. The van der Waals surface area contributed by atoms with Crippen LogP contribution in [0.3, 0.4) is 0 Å². The summed E-state index contributed by atoms with van der Waals surface area (Å²) in [4.78, 5) is 15.9. The van der Waals surface area contributed by atoms with Gasteiger partial charge in [0.1, 0.15) is 6.54 Å². The van der Waals surface area contributed by atoms with Gasteiger partial charge in [0.2, 0.25) is 15.9 Å². The second-order valence-electron chi connectivity index (χ2n) is 5.65. The van der Waals surface area contributed by atoms with Crippen LogP contribution in [0.4, 0.5) is 11.4 Å². The van der Waals surface area contributed by atoms with Crippen LogP contribution >= 0.6 is 0 Å². The zero-order valence-corrected chi connectivity index (χ0v) is 14.5. The van der Waals surface area contributed by atoms with Crippen molar-refractivity contribution in [2.24, 2.45) is 0 Å². The van der Waals surface area contributed by atoms with Crippen molar-refractivity contribution < 1.29 is 17.9 Å². The standard InChI is InChI=1S/C15H23N3O4S/c1-16(2)13-6-4-5-7-14(13)18(23(3,20)21)12-15(19)17-8-10-22-11-9-17/h4-7H,8-12H2,1-3H3. The number of para-hydroxylation sites is 2. The van der Waals surface area contributed by atoms with Gasteiger partial charge in [-0.3, -0.25) is 9.10 Å². The largest absolute Gasteiger partial charge is 0.378 e. The van der Waals surface area contributed by atoms with Crippen molar-refractivity contribution in [2.75, 3.05) is 62.4 Å². The number of carbonyl (C=O) groups is 1. The summed E-state index contributed by atoms with van der Waals surface area (Å²) in [5, 5.41) is 0. The van der Waals surface area contributed by atoms with Crippen molar-refractivity contribution in [1.29, 1.82) is 0 Å². The van der Waals surface area contributed by atoms with Crippen LogP contribution in [0.5, 0.6) is 0 Å². The Kier molecular flexibility index (Phi) is 5.48. The van der Waals surface area contributed by atoms with Gasteiger partial charge in [0.25, 0.3) is 0 Å². The molecule has 128 valence electrons. The summed E-state index contributed by atoms with van der Waals surface area (Å²) < 4.78 is 30.9. The summed E-state index contributed by atoms with van der Waals surface area (Å²) in [6.45, 7) is 1.75. The third kappa shape index (κ3) is 4.35. The van der Waals surface area contributed by atoms with Crippen molar-refractivity contribution in [3.8, 4) is 0 Å². The number of sulfonamides is 1. The summed E-state index contributed by atoms with van der Waals surface area (Å²) in [5.74, 6) is -0.215. The first kappa shape index (κ1) is 17.6. The molecular formula is C15H23N3O4S. The second-order valence-corrected chi connectivity index (χ2v) is 7.55. The lowest BCUT2D eigenvalue weighted by Crippen LogP contribution is -2.47. The summed E-state index contributed by atoms with van der Waals surface area (Å²) in [7, 11) is 0.0930. The molecule has 1 aromatic carbocycles. The van der Waals surface area contributed by atoms with E-state index in [9.17, 15) is 13.2 Å². The van der Waals surface area contributed by atoms with Gasteiger partial charge in [0, 0.05) is 27.2 Å². The second kappa shape index (κ2) is 7.18. The molecule has 1 amide bonds. The minimum absolute atomic E-state index is 0.205. The minimum Gasteiger partial charge on any atom is -0.378 e. The van der Waals surface area contributed by atoms with Gasteiger partial charge < -0.3 is 14.5 Å². The molecule has 0 saturated carbocycles. The third-order valence-electron chi connectivity index (χ3n) is 3.68. The number of benzene rings is 1. The fourth-order valence-electron chi connectivity index (χ4n) is 2.47. The first-order valence-electron chi connectivity index (χ1n) is 7.40. The molecule has 0 aromatic heterocycles. The number of morpholine rings is 1. The Morgan fingerprint density at radius 1 is 1.17 bits per heavy atom. The van der Waals surface area contributed by atoms with E-state index in [1.54, 1.807) is 17.0 Å². The number of hydrogen-bond donors (Lipinski definition) is 0. The van der Waals surface area contributed by atoms with E-state index in [2.05, 4.69) is 0 Å². The molecular weight excluding hydrogens is 318 g/mol. The van der Waals surface area contributed by atoms with Gasteiger partial charge in [-0.1, -0.05) is 12.1 Å². The molecule has 7 nitrogen and oxygen atoms in total. The van der Waals surface area contributed by atoms with Crippen molar-refractivity contribution in [3.63, 3.8) is 0 Å². The number of carbonyl (C=O) groups excluding carboxylic acids is 1. The van der Waals surface area contributed by atoms with Gasteiger partial charge in [-0.05, 0) is 12.1 Å². The summed E-state index contributed by atoms with van der Waals surface area (Å²) >= 11 is 0. The number of amides is 1. The predicted octanol–water partition coefficient (Wildman–Crippen LogP) is 0.377. The van der Waals surface area contributed by atoms with Crippen LogP contribution in [0.25, 0.3) is 0 Å². The first-order valence-corrected chi connectivity index (χ1v) is 9.25. The van der Waals surface area contributed by atoms with E-state index in [4.69, 9.17) is 4.74 Å². The molecule has 8 heteroatoms. The van der Waals surface area contributed by atoms with Crippen LogP contribution < -0.4 is 9.21 Å². The SMILES string of the molecule is CN(C)c1ccccc1N(CC(=O)N1CCOCC1)S(C)(=O)=O. The van der Waals surface area contributed by atoms with Crippen LogP contribution in [0.2, 0.25) is 0 Å². The minimum atomic E-state index is -3.58. The van der Waals surface area contributed by atoms with Gasteiger partial charge in [-0.25, -0.2) is 8.42 Å². The highest BCUT2D eigenvalue weighted by Crippen LogP contribution is 2.29. The molecule has 0 radical (unpaired) electrons. The quantitative estimate of drug-likeness (QED) is 0.774. The number of nitrogens with zero attached hydrogens (tertiary/aromatic N) is 3. The van der Waals surface area contributed by atoms with Crippen LogP contribution in [0.15, 0.2) is 24.3 Å².